The molecule has 1 aromatic carbocycles. The highest BCUT2D eigenvalue weighted by Crippen LogP contribution is 2.42. The van der Waals surface area contributed by atoms with Crippen molar-refractivity contribution in [1.82, 2.24) is 4.98 Å². The van der Waals surface area contributed by atoms with E-state index in [1.165, 1.54) is 0 Å². The van der Waals surface area contributed by atoms with E-state index in [4.69, 9.17) is 14.4 Å². The Morgan fingerprint density at radius 2 is 2.14 bits per heavy atom. The third kappa shape index (κ3) is 2.65. The number of ether oxygens (including phenoxy) is 1. The van der Waals surface area contributed by atoms with Gasteiger partial charge in [0, 0.05) is 11.5 Å². The smallest absolute Gasteiger partial charge is 0.376 e. The molecule has 0 aliphatic heterocycles. The molecule has 1 saturated carbocycles. The minimum atomic E-state index is -0.466. The summed E-state index contributed by atoms with van der Waals surface area (Å²) >= 11 is 0. The molecule has 5 nitrogen and oxygen atoms in total. The summed E-state index contributed by atoms with van der Waals surface area (Å²) in [4.78, 5) is 16.4. The van der Waals surface area contributed by atoms with E-state index in [0.717, 1.165) is 18.4 Å². The molecule has 106 valence electrons. The molecule has 1 heterocycles. The fourth-order valence-electron chi connectivity index (χ4n) is 2.12. The lowest BCUT2D eigenvalue weighted by Gasteiger charge is -1.99. The second kappa shape index (κ2) is 5.41. The van der Waals surface area contributed by atoms with Crippen LogP contribution < -0.4 is 0 Å². The highest BCUT2D eigenvalue weighted by atomic mass is 16.5. The van der Waals surface area contributed by atoms with Crippen LogP contribution in [-0.2, 0) is 4.74 Å². The van der Waals surface area contributed by atoms with Gasteiger partial charge in [0.15, 0.2) is 0 Å². The molecule has 0 N–H and O–H groups in total. The standard InChI is InChI=1S/C16H14N2O3/c1-2-20-16(19)14-13(11-7-8-11)18-15(21-14)12-5-3-10(9-17)4-6-12/h3-6,11H,2,7-8H2,1H3. The van der Waals surface area contributed by atoms with Crippen LogP contribution in [0.15, 0.2) is 28.7 Å². The molecule has 5 heteroatoms. The maximum absolute atomic E-state index is 11.9. The molecule has 0 saturated heterocycles. The molecule has 1 aliphatic rings. The first kappa shape index (κ1) is 13.4. The Morgan fingerprint density at radius 3 is 2.71 bits per heavy atom. The van der Waals surface area contributed by atoms with E-state index < -0.39 is 5.97 Å². The number of esters is 1. The summed E-state index contributed by atoms with van der Waals surface area (Å²) in [5, 5.41) is 8.81. The number of rotatable bonds is 4. The van der Waals surface area contributed by atoms with Gasteiger partial charge in [-0.15, -0.1) is 0 Å². The average Bonchev–Trinajstić information content (AvgIpc) is 3.26. The molecule has 0 bridgehead atoms. The minimum absolute atomic E-state index is 0.207. The summed E-state index contributed by atoms with van der Waals surface area (Å²) in [6, 6.07) is 8.97. The molecule has 2 aromatic rings. The van der Waals surface area contributed by atoms with Crippen molar-refractivity contribution in [2.45, 2.75) is 25.7 Å². The Balaban J connectivity index is 1.97. The molecule has 0 atom stereocenters. The van der Waals surface area contributed by atoms with E-state index in [1.54, 1.807) is 31.2 Å². The van der Waals surface area contributed by atoms with Crippen molar-refractivity contribution in [1.29, 1.82) is 5.26 Å². The lowest BCUT2D eigenvalue weighted by Crippen LogP contribution is -2.05. The molecule has 1 fully saturated rings. The number of aromatic nitrogens is 1. The molecule has 0 unspecified atom stereocenters. The van der Waals surface area contributed by atoms with Crippen LogP contribution in [0.25, 0.3) is 11.5 Å². The lowest BCUT2D eigenvalue weighted by molar-refractivity contribution is 0.0489. The fraction of sp³-hybridized carbons (Fsp3) is 0.312. The zero-order valence-electron chi connectivity index (χ0n) is 11.6. The quantitative estimate of drug-likeness (QED) is 0.804. The van der Waals surface area contributed by atoms with Gasteiger partial charge in [-0.1, -0.05) is 0 Å². The number of hydrogen-bond donors (Lipinski definition) is 0. The second-order valence-electron chi connectivity index (χ2n) is 4.92. The molecular weight excluding hydrogens is 268 g/mol. The first-order valence-electron chi connectivity index (χ1n) is 6.91. The number of benzene rings is 1. The van der Waals surface area contributed by atoms with Gasteiger partial charge in [-0.2, -0.15) is 5.26 Å². The van der Waals surface area contributed by atoms with Crippen LogP contribution >= 0.6 is 0 Å². The number of nitrogens with zero attached hydrogens (tertiary/aromatic N) is 2. The lowest BCUT2D eigenvalue weighted by atomic mass is 10.1. The number of carbonyl (C=O) groups is 1. The topological polar surface area (TPSA) is 76.1 Å². The van der Waals surface area contributed by atoms with Gasteiger partial charge >= 0.3 is 5.97 Å². The van der Waals surface area contributed by atoms with Gasteiger partial charge in [0.25, 0.3) is 0 Å². The van der Waals surface area contributed by atoms with E-state index in [-0.39, 0.29) is 5.76 Å². The largest absolute Gasteiger partial charge is 0.460 e. The zero-order valence-corrected chi connectivity index (χ0v) is 11.6. The van der Waals surface area contributed by atoms with Crippen molar-refractivity contribution in [2.75, 3.05) is 6.61 Å². The summed E-state index contributed by atoms with van der Waals surface area (Å²) in [5.41, 5.74) is 2.00. The zero-order chi connectivity index (χ0) is 14.8. The SMILES string of the molecule is CCOC(=O)c1oc(-c2ccc(C#N)cc2)nc1C1CC1. The van der Waals surface area contributed by atoms with Crippen LogP contribution in [-0.4, -0.2) is 17.6 Å². The van der Waals surface area contributed by atoms with Gasteiger partial charge in [0.2, 0.25) is 11.7 Å². The van der Waals surface area contributed by atoms with Crippen molar-refractivity contribution in [2.24, 2.45) is 0 Å². The van der Waals surface area contributed by atoms with Gasteiger partial charge in [-0.25, -0.2) is 9.78 Å². The van der Waals surface area contributed by atoms with Crippen molar-refractivity contribution in [3.05, 3.63) is 41.3 Å². The normalized spacial score (nSPS) is 13.7. The van der Waals surface area contributed by atoms with E-state index in [2.05, 4.69) is 11.1 Å². The highest BCUT2D eigenvalue weighted by molar-refractivity contribution is 5.88. The molecule has 21 heavy (non-hydrogen) atoms. The highest BCUT2D eigenvalue weighted by Gasteiger charge is 2.34. The predicted octanol–water partition coefficient (Wildman–Crippen LogP) is 3.27. The van der Waals surface area contributed by atoms with E-state index >= 15 is 0 Å². The molecule has 0 amide bonds. The Morgan fingerprint density at radius 1 is 1.43 bits per heavy atom. The van der Waals surface area contributed by atoms with E-state index in [0.29, 0.717) is 29.7 Å². The number of nitriles is 1. The monoisotopic (exact) mass is 282 g/mol. The first-order chi connectivity index (χ1) is 10.2. The van der Waals surface area contributed by atoms with Crippen LogP contribution in [0.5, 0.6) is 0 Å². The number of hydrogen-bond acceptors (Lipinski definition) is 5. The van der Waals surface area contributed by atoms with E-state index in [1.807, 2.05) is 0 Å². The summed E-state index contributed by atoms with van der Waals surface area (Å²) in [7, 11) is 0. The summed E-state index contributed by atoms with van der Waals surface area (Å²) < 4.78 is 10.6. The Bertz CT molecular complexity index is 706. The molecule has 0 spiro atoms. The molecule has 1 aromatic heterocycles. The van der Waals surface area contributed by atoms with Crippen molar-refractivity contribution in [3.8, 4) is 17.5 Å². The predicted molar refractivity (Wildman–Crippen MR) is 74.6 cm³/mol. The van der Waals surface area contributed by atoms with Crippen LogP contribution in [0.1, 0.15) is 47.5 Å². The number of carbonyl (C=O) groups excluding carboxylic acids is 1. The molecule has 0 radical (unpaired) electrons. The van der Waals surface area contributed by atoms with Crippen LogP contribution in [0.2, 0.25) is 0 Å². The average molecular weight is 282 g/mol. The summed E-state index contributed by atoms with van der Waals surface area (Å²) in [5.74, 6) is 0.426. The molecule has 3 rings (SSSR count). The van der Waals surface area contributed by atoms with Gasteiger partial charge in [-0.05, 0) is 44.0 Å². The Hall–Kier alpha value is -2.61. The second-order valence-corrected chi connectivity index (χ2v) is 4.92. The van der Waals surface area contributed by atoms with Crippen LogP contribution in [0, 0.1) is 11.3 Å². The number of oxazole rings is 1. The summed E-state index contributed by atoms with van der Waals surface area (Å²) in [6.07, 6.45) is 2.04. The Kier molecular flexibility index (Phi) is 3.44. The van der Waals surface area contributed by atoms with Gasteiger partial charge < -0.3 is 9.15 Å². The minimum Gasteiger partial charge on any atom is -0.460 e. The van der Waals surface area contributed by atoms with Gasteiger partial charge in [0.1, 0.15) is 0 Å². The maximum Gasteiger partial charge on any atom is 0.376 e. The summed E-state index contributed by atoms with van der Waals surface area (Å²) in [6.45, 7) is 2.06. The Labute approximate surface area is 122 Å². The molecule has 1 aliphatic carbocycles. The third-order valence-corrected chi connectivity index (χ3v) is 3.34. The van der Waals surface area contributed by atoms with Crippen molar-refractivity contribution >= 4 is 5.97 Å². The van der Waals surface area contributed by atoms with Crippen molar-refractivity contribution in [3.63, 3.8) is 0 Å². The van der Waals surface area contributed by atoms with Gasteiger partial charge in [-0.3, -0.25) is 0 Å². The molecular formula is C16H14N2O3. The first-order valence-corrected chi connectivity index (χ1v) is 6.91. The third-order valence-electron chi connectivity index (χ3n) is 3.34. The van der Waals surface area contributed by atoms with Gasteiger partial charge in [0.05, 0.1) is 23.9 Å². The van der Waals surface area contributed by atoms with E-state index in [9.17, 15) is 4.79 Å². The maximum atomic E-state index is 11.9. The van der Waals surface area contributed by atoms with Crippen LogP contribution in [0.3, 0.4) is 0 Å². The van der Waals surface area contributed by atoms with Crippen molar-refractivity contribution < 1.29 is 13.9 Å². The van der Waals surface area contributed by atoms with Crippen LogP contribution in [0.4, 0.5) is 0 Å². The fourth-order valence-corrected chi connectivity index (χ4v) is 2.12.